The molecule has 0 saturated heterocycles. The van der Waals surface area contributed by atoms with E-state index in [1.54, 1.807) is 0 Å². The van der Waals surface area contributed by atoms with Crippen molar-refractivity contribution in [2.45, 2.75) is 32.9 Å². The predicted octanol–water partition coefficient (Wildman–Crippen LogP) is 0.671. The zero-order valence-corrected chi connectivity index (χ0v) is 10.3. The van der Waals surface area contributed by atoms with Gasteiger partial charge in [-0.1, -0.05) is 6.92 Å². The maximum Gasteiger partial charge on any atom is 0.285 e. The van der Waals surface area contributed by atoms with Crippen LogP contribution in [0.4, 0.5) is 5.69 Å². The third kappa shape index (κ3) is 3.69. The van der Waals surface area contributed by atoms with Crippen molar-refractivity contribution < 1.29 is 9.72 Å². The second-order valence-electron chi connectivity index (χ2n) is 3.99. The number of rotatable bonds is 5. The van der Waals surface area contributed by atoms with Crippen LogP contribution in [0.2, 0.25) is 0 Å². The Hall–Kier alpha value is -2.18. The Morgan fingerprint density at radius 1 is 1.56 bits per heavy atom. The SMILES string of the molecule is CC[C@H](C)NC(=O)Cn1cc([N+](=O)[O-])ccc1=O. The molecule has 0 radical (unpaired) electrons. The van der Waals surface area contributed by atoms with Crippen LogP contribution in [0.25, 0.3) is 0 Å². The Balaban J connectivity index is 2.84. The topological polar surface area (TPSA) is 94.2 Å². The van der Waals surface area contributed by atoms with Crippen LogP contribution < -0.4 is 10.9 Å². The number of aromatic nitrogens is 1. The van der Waals surface area contributed by atoms with Gasteiger partial charge in [-0.05, 0) is 13.3 Å². The molecule has 1 atom stereocenters. The van der Waals surface area contributed by atoms with E-state index in [4.69, 9.17) is 0 Å². The van der Waals surface area contributed by atoms with Crippen molar-refractivity contribution in [1.82, 2.24) is 9.88 Å². The van der Waals surface area contributed by atoms with E-state index in [1.807, 2.05) is 13.8 Å². The van der Waals surface area contributed by atoms with E-state index in [9.17, 15) is 19.7 Å². The van der Waals surface area contributed by atoms with Crippen LogP contribution in [0.15, 0.2) is 23.1 Å². The molecule has 0 fully saturated rings. The van der Waals surface area contributed by atoms with Gasteiger partial charge in [0.15, 0.2) is 0 Å². The van der Waals surface area contributed by atoms with E-state index in [0.29, 0.717) is 0 Å². The number of nitrogens with zero attached hydrogens (tertiary/aromatic N) is 2. The lowest BCUT2D eigenvalue weighted by molar-refractivity contribution is -0.385. The first-order chi connectivity index (χ1) is 8.43. The fraction of sp³-hybridized carbons (Fsp3) is 0.455. The van der Waals surface area contributed by atoms with Gasteiger partial charge in [0.05, 0.1) is 11.1 Å². The predicted molar refractivity (Wildman–Crippen MR) is 65.3 cm³/mol. The molecule has 0 bridgehead atoms. The van der Waals surface area contributed by atoms with Gasteiger partial charge < -0.3 is 5.32 Å². The van der Waals surface area contributed by atoms with Crippen molar-refractivity contribution in [2.75, 3.05) is 0 Å². The summed E-state index contributed by atoms with van der Waals surface area (Å²) in [6.07, 6.45) is 1.84. The van der Waals surface area contributed by atoms with Gasteiger partial charge in [-0.25, -0.2) is 0 Å². The smallest absolute Gasteiger partial charge is 0.285 e. The number of carbonyl (C=O) groups excluding carboxylic acids is 1. The van der Waals surface area contributed by atoms with Crippen LogP contribution >= 0.6 is 0 Å². The third-order valence-corrected chi connectivity index (χ3v) is 2.51. The van der Waals surface area contributed by atoms with Crippen LogP contribution in [0.5, 0.6) is 0 Å². The molecule has 1 heterocycles. The summed E-state index contributed by atoms with van der Waals surface area (Å²) >= 11 is 0. The molecular weight excluding hydrogens is 238 g/mol. The van der Waals surface area contributed by atoms with Gasteiger partial charge in [-0.15, -0.1) is 0 Å². The van der Waals surface area contributed by atoms with Crippen molar-refractivity contribution in [3.8, 4) is 0 Å². The highest BCUT2D eigenvalue weighted by atomic mass is 16.6. The minimum absolute atomic E-state index is 0.00639. The van der Waals surface area contributed by atoms with Crippen molar-refractivity contribution >= 4 is 11.6 Å². The van der Waals surface area contributed by atoms with E-state index in [2.05, 4.69) is 5.32 Å². The van der Waals surface area contributed by atoms with E-state index in [0.717, 1.165) is 29.3 Å². The Morgan fingerprint density at radius 3 is 2.78 bits per heavy atom. The summed E-state index contributed by atoms with van der Waals surface area (Å²) in [5, 5.41) is 13.2. The number of pyridine rings is 1. The largest absolute Gasteiger partial charge is 0.352 e. The molecule has 18 heavy (non-hydrogen) atoms. The summed E-state index contributed by atoms with van der Waals surface area (Å²) in [5.41, 5.74) is -0.661. The summed E-state index contributed by atoms with van der Waals surface area (Å²) < 4.78 is 1.02. The van der Waals surface area contributed by atoms with Gasteiger partial charge in [-0.2, -0.15) is 0 Å². The molecule has 98 valence electrons. The van der Waals surface area contributed by atoms with Gasteiger partial charge in [0.2, 0.25) is 5.91 Å². The minimum atomic E-state index is -0.609. The van der Waals surface area contributed by atoms with Crippen molar-refractivity contribution in [1.29, 1.82) is 0 Å². The van der Waals surface area contributed by atoms with E-state index < -0.39 is 10.5 Å². The van der Waals surface area contributed by atoms with Gasteiger partial charge in [0.1, 0.15) is 6.54 Å². The Morgan fingerprint density at radius 2 is 2.22 bits per heavy atom. The molecule has 0 aromatic carbocycles. The number of nitro groups is 1. The van der Waals surface area contributed by atoms with E-state index in [-0.39, 0.29) is 24.2 Å². The normalized spacial score (nSPS) is 11.9. The average molecular weight is 253 g/mol. The van der Waals surface area contributed by atoms with Crippen LogP contribution in [0.1, 0.15) is 20.3 Å². The number of nitrogens with one attached hydrogen (secondary N) is 1. The molecule has 0 spiro atoms. The third-order valence-electron chi connectivity index (χ3n) is 2.51. The van der Waals surface area contributed by atoms with Crippen LogP contribution in [0, 0.1) is 10.1 Å². The molecule has 1 rings (SSSR count). The standard InChI is InChI=1S/C11H15N3O4/c1-3-8(2)12-10(15)7-13-6-9(14(17)18)4-5-11(13)16/h4-6,8H,3,7H2,1-2H3,(H,12,15)/t8-/m0/s1. The van der Waals surface area contributed by atoms with Crippen molar-refractivity contribution in [2.24, 2.45) is 0 Å². The molecule has 0 aliphatic rings. The zero-order valence-electron chi connectivity index (χ0n) is 10.3. The molecule has 0 aliphatic carbocycles. The van der Waals surface area contributed by atoms with Crippen molar-refractivity contribution in [3.63, 3.8) is 0 Å². The first-order valence-corrected chi connectivity index (χ1v) is 5.58. The lowest BCUT2D eigenvalue weighted by Crippen LogP contribution is -2.36. The quantitative estimate of drug-likeness (QED) is 0.616. The lowest BCUT2D eigenvalue weighted by Gasteiger charge is -2.11. The zero-order chi connectivity index (χ0) is 13.7. The van der Waals surface area contributed by atoms with Crippen LogP contribution in [-0.2, 0) is 11.3 Å². The number of hydrogen-bond donors (Lipinski definition) is 1. The monoisotopic (exact) mass is 253 g/mol. The Bertz CT molecular complexity index is 509. The maximum atomic E-state index is 11.6. The Kier molecular flexibility index (Phi) is 4.59. The van der Waals surface area contributed by atoms with Crippen molar-refractivity contribution in [3.05, 3.63) is 38.8 Å². The van der Waals surface area contributed by atoms with Gasteiger partial charge in [0, 0.05) is 18.2 Å². The summed E-state index contributed by atoms with van der Waals surface area (Å²) in [7, 11) is 0. The molecular formula is C11H15N3O4. The number of carbonyl (C=O) groups is 1. The second kappa shape index (κ2) is 5.95. The molecule has 0 unspecified atom stereocenters. The number of amides is 1. The highest BCUT2D eigenvalue weighted by Crippen LogP contribution is 2.06. The van der Waals surface area contributed by atoms with E-state index in [1.165, 1.54) is 0 Å². The molecule has 0 saturated carbocycles. The number of hydrogen-bond acceptors (Lipinski definition) is 4. The van der Waals surface area contributed by atoms with Crippen LogP contribution in [-0.4, -0.2) is 21.4 Å². The summed E-state index contributed by atoms with van der Waals surface area (Å²) in [6.45, 7) is 3.55. The maximum absolute atomic E-state index is 11.6. The first-order valence-electron chi connectivity index (χ1n) is 5.58. The molecule has 1 aromatic rings. The van der Waals surface area contributed by atoms with Gasteiger partial charge in [-0.3, -0.25) is 24.3 Å². The van der Waals surface area contributed by atoms with Crippen LogP contribution in [0.3, 0.4) is 0 Å². The average Bonchev–Trinajstić information content (AvgIpc) is 2.31. The lowest BCUT2D eigenvalue weighted by atomic mass is 10.2. The molecule has 1 aromatic heterocycles. The van der Waals surface area contributed by atoms with Gasteiger partial charge >= 0.3 is 0 Å². The van der Waals surface area contributed by atoms with E-state index >= 15 is 0 Å². The molecule has 1 N–H and O–H groups in total. The summed E-state index contributed by atoms with van der Waals surface area (Å²) in [5.74, 6) is -0.341. The van der Waals surface area contributed by atoms with Gasteiger partial charge in [0.25, 0.3) is 11.2 Å². The molecule has 1 amide bonds. The fourth-order valence-corrected chi connectivity index (χ4v) is 1.33. The summed E-state index contributed by atoms with van der Waals surface area (Å²) in [6, 6.07) is 2.20. The Labute approximate surface area is 104 Å². The minimum Gasteiger partial charge on any atom is -0.352 e. The highest BCUT2D eigenvalue weighted by Gasteiger charge is 2.11. The molecule has 7 nitrogen and oxygen atoms in total. The molecule has 0 aliphatic heterocycles. The summed E-state index contributed by atoms with van der Waals surface area (Å²) in [4.78, 5) is 33.0. The highest BCUT2D eigenvalue weighted by molar-refractivity contribution is 5.76. The molecule has 7 heteroatoms. The first kappa shape index (κ1) is 13.9. The second-order valence-corrected chi connectivity index (χ2v) is 3.99. The fourth-order valence-electron chi connectivity index (χ4n) is 1.33.